The van der Waals surface area contributed by atoms with E-state index < -0.39 is 0 Å². The van der Waals surface area contributed by atoms with Gasteiger partial charge in [-0.2, -0.15) is 0 Å². The molecule has 0 unspecified atom stereocenters. The number of ether oxygens (including phenoxy) is 3. The highest BCUT2D eigenvalue weighted by molar-refractivity contribution is 7.17. The molecule has 2 heterocycles. The molecule has 1 aromatic carbocycles. The van der Waals surface area contributed by atoms with Crippen molar-refractivity contribution in [3.63, 3.8) is 0 Å². The van der Waals surface area contributed by atoms with E-state index in [2.05, 4.69) is 10.6 Å². The maximum atomic E-state index is 13.1. The van der Waals surface area contributed by atoms with Gasteiger partial charge in [0.15, 0.2) is 11.5 Å². The van der Waals surface area contributed by atoms with Gasteiger partial charge in [0.05, 0.1) is 25.9 Å². The molecule has 1 atom stereocenters. The lowest BCUT2D eigenvalue weighted by molar-refractivity contribution is 0.0858. The smallest absolute Gasteiger partial charge is 0.256 e. The first-order valence-corrected chi connectivity index (χ1v) is 11.5. The van der Waals surface area contributed by atoms with E-state index in [1.165, 1.54) is 23.3 Å². The molecule has 2 aliphatic rings. The highest BCUT2D eigenvalue weighted by Gasteiger charge is 2.27. The molecule has 1 fully saturated rings. The Morgan fingerprint density at radius 2 is 1.90 bits per heavy atom. The minimum Gasteiger partial charge on any atom is -0.493 e. The molecule has 1 aliphatic heterocycles. The van der Waals surface area contributed by atoms with Crippen molar-refractivity contribution in [3.05, 3.63) is 39.8 Å². The third-order valence-corrected chi connectivity index (χ3v) is 6.99. The average Bonchev–Trinajstić information content (AvgIpc) is 3.44. The number of fused-ring (bicyclic) bond motifs is 1. The molecule has 1 aliphatic carbocycles. The summed E-state index contributed by atoms with van der Waals surface area (Å²) in [5.41, 5.74) is 2.12. The third-order valence-electron chi connectivity index (χ3n) is 5.79. The number of anilines is 1. The van der Waals surface area contributed by atoms with Crippen LogP contribution in [0.4, 0.5) is 5.00 Å². The Bertz CT molecular complexity index is 965. The SMILES string of the molecule is COc1ccc(C(=O)Nc2sc3c(c2C(=O)NC[C@H]2CCCO2)CCCC3)cc1OC. The molecule has 0 radical (unpaired) electrons. The first kappa shape index (κ1) is 21.6. The molecule has 1 saturated heterocycles. The zero-order chi connectivity index (χ0) is 21.8. The van der Waals surface area contributed by atoms with E-state index in [1.807, 2.05) is 0 Å². The fraction of sp³-hybridized carbons (Fsp3) is 0.478. The Kier molecular flexibility index (Phi) is 6.77. The Morgan fingerprint density at radius 1 is 1.10 bits per heavy atom. The predicted molar refractivity (Wildman–Crippen MR) is 120 cm³/mol. The number of amides is 2. The molecule has 8 heteroatoms. The van der Waals surface area contributed by atoms with Crippen molar-refractivity contribution in [2.45, 2.75) is 44.6 Å². The Morgan fingerprint density at radius 3 is 2.65 bits per heavy atom. The number of nitrogens with one attached hydrogen (secondary N) is 2. The number of carbonyl (C=O) groups is 2. The van der Waals surface area contributed by atoms with Crippen molar-refractivity contribution in [2.24, 2.45) is 0 Å². The lowest BCUT2D eigenvalue weighted by Crippen LogP contribution is -2.32. The molecule has 2 amide bonds. The minimum atomic E-state index is -0.285. The molecule has 0 saturated carbocycles. The van der Waals surface area contributed by atoms with E-state index in [4.69, 9.17) is 14.2 Å². The summed E-state index contributed by atoms with van der Waals surface area (Å²) in [6.45, 7) is 1.24. The molecule has 2 N–H and O–H groups in total. The standard InChI is InChI=1S/C23H28N2O5S/c1-28-17-10-9-14(12-18(17)29-2)21(26)25-23-20(16-7-3-4-8-19(16)31-23)22(27)24-13-15-6-5-11-30-15/h9-10,12,15H,3-8,11,13H2,1-2H3,(H,24,27)(H,25,26)/t15-/m1/s1. The van der Waals surface area contributed by atoms with E-state index in [-0.39, 0.29) is 17.9 Å². The van der Waals surface area contributed by atoms with Crippen molar-refractivity contribution >= 4 is 28.2 Å². The fourth-order valence-electron chi connectivity index (χ4n) is 4.15. The molecular weight excluding hydrogens is 416 g/mol. The number of benzene rings is 1. The molecule has 2 aromatic rings. The summed E-state index contributed by atoms with van der Waals surface area (Å²) in [5, 5.41) is 6.60. The van der Waals surface area contributed by atoms with Gasteiger partial charge in [0.1, 0.15) is 5.00 Å². The summed E-state index contributed by atoms with van der Waals surface area (Å²) in [5.74, 6) is 0.611. The zero-order valence-electron chi connectivity index (χ0n) is 17.9. The Hall–Kier alpha value is -2.58. The van der Waals surface area contributed by atoms with Crippen molar-refractivity contribution in [3.8, 4) is 11.5 Å². The zero-order valence-corrected chi connectivity index (χ0v) is 18.7. The first-order chi connectivity index (χ1) is 15.1. The highest BCUT2D eigenvalue weighted by Crippen LogP contribution is 2.38. The second-order valence-corrected chi connectivity index (χ2v) is 8.89. The van der Waals surface area contributed by atoms with Crippen LogP contribution in [0, 0.1) is 0 Å². The molecule has 166 valence electrons. The third kappa shape index (κ3) is 4.70. The van der Waals surface area contributed by atoms with Crippen LogP contribution in [0.15, 0.2) is 18.2 Å². The minimum absolute atomic E-state index is 0.0724. The van der Waals surface area contributed by atoms with Gasteiger partial charge < -0.3 is 24.8 Å². The number of thiophene rings is 1. The van der Waals surface area contributed by atoms with Crippen molar-refractivity contribution in [2.75, 3.05) is 32.7 Å². The number of methoxy groups -OCH3 is 2. The summed E-state index contributed by atoms with van der Waals surface area (Å²) in [4.78, 5) is 27.3. The highest BCUT2D eigenvalue weighted by atomic mass is 32.1. The van der Waals surface area contributed by atoms with Crippen LogP contribution in [-0.4, -0.2) is 45.3 Å². The van der Waals surface area contributed by atoms with Crippen LogP contribution in [-0.2, 0) is 17.6 Å². The van der Waals surface area contributed by atoms with Gasteiger partial charge in [-0.05, 0) is 62.3 Å². The topological polar surface area (TPSA) is 85.9 Å². The molecule has 31 heavy (non-hydrogen) atoms. The van der Waals surface area contributed by atoms with Gasteiger partial charge in [-0.3, -0.25) is 9.59 Å². The van der Waals surface area contributed by atoms with Crippen LogP contribution >= 0.6 is 11.3 Å². The molecule has 1 aromatic heterocycles. The van der Waals surface area contributed by atoms with Crippen LogP contribution in [0.3, 0.4) is 0 Å². The summed E-state index contributed by atoms with van der Waals surface area (Å²) in [6.07, 6.45) is 6.03. The van der Waals surface area contributed by atoms with Crippen LogP contribution in [0.25, 0.3) is 0 Å². The summed E-state index contributed by atoms with van der Waals surface area (Å²) < 4.78 is 16.2. The number of hydrogen-bond donors (Lipinski definition) is 2. The van der Waals surface area contributed by atoms with Crippen LogP contribution in [0.2, 0.25) is 0 Å². The quantitative estimate of drug-likeness (QED) is 0.678. The molecule has 7 nitrogen and oxygen atoms in total. The summed E-state index contributed by atoms with van der Waals surface area (Å²) in [6, 6.07) is 5.02. The Labute approximate surface area is 186 Å². The van der Waals surface area contributed by atoms with E-state index in [9.17, 15) is 9.59 Å². The second kappa shape index (κ2) is 9.70. The lowest BCUT2D eigenvalue weighted by Gasteiger charge is -2.15. The number of hydrogen-bond acceptors (Lipinski definition) is 6. The van der Waals surface area contributed by atoms with E-state index in [1.54, 1.807) is 25.3 Å². The van der Waals surface area contributed by atoms with Crippen LogP contribution in [0.5, 0.6) is 11.5 Å². The fourth-order valence-corrected chi connectivity index (χ4v) is 5.43. The molecule has 0 spiro atoms. The monoisotopic (exact) mass is 444 g/mol. The van der Waals surface area contributed by atoms with E-state index in [0.29, 0.717) is 34.2 Å². The first-order valence-electron chi connectivity index (χ1n) is 10.7. The van der Waals surface area contributed by atoms with Gasteiger partial charge in [0.25, 0.3) is 11.8 Å². The van der Waals surface area contributed by atoms with Gasteiger partial charge >= 0.3 is 0 Å². The van der Waals surface area contributed by atoms with Crippen molar-refractivity contribution < 1.29 is 23.8 Å². The number of rotatable bonds is 7. The Balaban J connectivity index is 1.56. The maximum Gasteiger partial charge on any atom is 0.256 e. The van der Waals surface area contributed by atoms with Gasteiger partial charge in [0, 0.05) is 23.6 Å². The molecular formula is C23H28N2O5S. The van der Waals surface area contributed by atoms with Gasteiger partial charge in [-0.15, -0.1) is 11.3 Å². The van der Waals surface area contributed by atoms with Crippen molar-refractivity contribution in [1.82, 2.24) is 5.32 Å². The maximum absolute atomic E-state index is 13.1. The summed E-state index contributed by atoms with van der Waals surface area (Å²) >= 11 is 1.51. The van der Waals surface area contributed by atoms with E-state index >= 15 is 0 Å². The number of aryl methyl sites for hydroxylation is 1. The van der Waals surface area contributed by atoms with Gasteiger partial charge in [-0.1, -0.05) is 0 Å². The van der Waals surface area contributed by atoms with Gasteiger partial charge in [0.2, 0.25) is 0 Å². The van der Waals surface area contributed by atoms with Crippen LogP contribution < -0.4 is 20.1 Å². The van der Waals surface area contributed by atoms with Crippen LogP contribution in [0.1, 0.15) is 56.8 Å². The summed E-state index contributed by atoms with van der Waals surface area (Å²) in [7, 11) is 3.08. The lowest BCUT2D eigenvalue weighted by atomic mass is 9.95. The molecule has 0 bridgehead atoms. The van der Waals surface area contributed by atoms with E-state index in [0.717, 1.165) is 50.7 Å². The predicted octanol–water partition coefficient (Wildman–Crippen LogP) is 3.81. The van der Waals surface area contributed by atoms with Crippen molar-refractivity contribution in [1.29, 1.82) is 0 Å². The molecule has 4 rings (SSSR count). The largest absolute Gasteiger partial charge is 0.493 e. The second-order valence-electron chi connectivity index (χ2n) is 7.78. The van der Waals surface area contributed by atoms with Gasteiger partial charge in [-0.25, -0.2) is 0 Å². The average molecular weight is 445 g/mol. The number of carbonyl (C=O) groups excluding carboxylic acids is 2. The normalized spacial score (nSPS) is 17.7.